The van der Waals surface area contributed by atoms with E-state index in [9.17, 15) is 30.1 Å². The first-order valence-electron chi connectivity index (χ1n) is 8.60. The Hall–Kier alpha value is -3.75. The van der Waals surface area contributed by atoms with E-state index in [1.54, 1.807) is 12.1 Å². The number of carbonyl (C=O) groups is 1. The van der Waals surface area contributed by atoms with E-state index in [0.717, 1.165) is 5.56 Å². The summed E-state index contributed by atoms with van der Waals surface area (Å²) in [5.41, 5.74) is 1.18. The highest BCUT2D eigenvalue weighted by Gasteiger charge is 2.43. The normalized spacial score (nSPS) is 22.1. The number of nitrogens with zero attached hydrogens (tertiary/aromatic N) is 2. The van der Waals surface area contributed by atoms with E-state index in [0.29, 0.717) is 12.0 Å². The summed E-state index contributed by atoms with van der Waals surface area (Å²) in [6.07, 6.45) is 4.47. The van der Waals surface area contributed by atoms with Gasteiger partial charge in [0.1, 0.15) is 0 Å². The van der Waals surface area contributed by atoms with Crippen molar-refractivity contribution >= 4 is 23.0 Å². The van der Waals surface area contributed by atoms with Crippen LogP contribution in [0.1, 0.15) is 39.9 Å². The zero-order valence-corrected chi connectivity index (χ0v) is 14.4. The smallest absolute Gasteiger partial charge is 0.337 e. The molecule has 2 N–H and O–H groups in total. The lowest BCUT2D eigenvalue weighted by Crippen LogP contribution is -2.31. The van der Waals surface area contributed by atoms with Gasteiger partial charge in [0, 0.05) is 24.1 Å². The first-order chi connectivity index (χ1) is 13.4. The number of nitro benzene ring substituents is 2. The first-order valence-corrected chi connectivity index (χ1v) is 8.60. The van der Waals surface area contributed by atoms with Gasteiger partial charge < -0.3 is 10.4 Å². The van der Waals surface area contributed by atoms with E-state index in [4.69, 9.17) is 0 Å². The van der Waals surface area contributed by atoms with Gasteiger partial charge in [0.05, 0.1) is 32.7 Å². The highest BCUT2D eigenvalue weighted by molar-refractivity contribution is 5.97. The number of carboxylic acid groups (broad SMARTS) is 1. The Morgan fingerprint density at radius 3 is 2.39 bits per heavy atom. The quantitative estimate of drug-likeness (QED) is 0.463. The number of non-ortho nitro benzene ring substituents is 1. The molecule has 0 saturated carbocycles. The second-order valence-electron chi connectivity index (χ2n) is 6.81. The van der Waals surface area contributed by atoms with E-state index in [1.165, 1.54) is 24.3 Å². The SMILES string of the molecule is O=C(O)c1ccc([N+](=O)[O-])c2c1N[C@H](c1ccc([N+](=O)[O-])cc1)[C@@H]1CC=C[C@H]21. The lowest BCUT2D eigenvalue weighted by Gasteiger charge is -2.37. The number of hydrogen-bond donors (Lipinski definition) is 2. The molecule has 0 saturated heterocycles. The molecule has 0 unspecified atom stereocenters. The predicted octanol–water partition coefficient (Wildman–Crippen LogP) is 4.03. The van der Waals surface area contributed by atoms with Crippen LogP contribution in [0.5, 0.6) is 0 Å². The second-order valence-corrected chi connectivity index (χ2v) is 6.81. The lowest BCUT2D eigenvalue weighted by atomic mass is 9.75. The van der Waals surface area contributed by atoms with Crippen LogP contribution in [0.15, 0.2) is 48.6 Å². The van der Waals surface area contributed by atoms with Crippen LogP contribution in [0.2, 0.25) is 0 Å². The van der Waals surface area contributed by atoms with Crippen LogP contribution in [-0.4, -0.2) is 20.9 Å². The van der Waals surface area contributed by atoms with Crippen LogP contribution >= 0.6 is 0 Å². The average molecular weight is 381 g/mol. The van der Waals surface area contributed by atoms with Crippen LogP contribution in [0.4, 0.5) is 17.1 Å². The van der Waals surface area contributed by atoms with Gasteiger partial charge in [-0.05, 0) is 24.0 Å². The molecule has 2 aromatic carbocycles. The highest BCUT2D eigenvalue weighted by atomic mass is 16.6. The maximum Gasteiger partial charge on any atom is 0.337 e. The van der Waals surface area contributed by atoms with Crippen LogP contribution in [0.25, 0.3) is 0 Å². The van der Waals surface area contributed by atoms with Crippen molar-refractivity contribution in [2.75, 3.05) is 5.32 Å². The molecule has 9 heteroatoms. The van der Waals surface area contributed by atoms with Crippen LogP contribution < -0.4 is 5.32 Å². The van der Waals surface area contributed by atoms with Gasteiger partial charge in [0.2, 0.25) is 0 Å². The maximum atomic E-state index is 11.7. The first kappa shape index (κ1) is 17.7. The molecule has 2 aromatic rings. The Kier molecular flexibility index (Phi) is 4.07. The fraction of sp³-hybridized carbons (Fsp3) is 0.211. The van der Waals surface area contributed by atoms with Gasteiger partial charge in [0.15, 0.2) is 0 Å². The van der Waals surface area contributed by atoms with E-state index < -0.39 is 15.8 Å². The molecule has 0 bridgehead atoms. The number of hydrogen-bond acceptors (Lipinski definition) is 6. The van der Waals surface area contributed by atoms with Gasteiger partial charge in [-0.1, -0.05) is 24.3 Å². The van der Waals surface area contributed by atoms with Crippen molar-refractivity contribution in [1.82, 2.24) is 0 Å². The van der Waals surface area contributed by atoms with Crippen LogP contribution in [-0.2, 0) is 0 Å². The summed E-state index contributed by atoms with van der Waals surface area (Å²) >= 11 is 0. The number of fused-ring (bicyclic) bond motifs is 3. The molecular weight excluding hydrogens is 366 g/mol. The molecule has 2 aliphatic rings. The topological polar surface area (TPSA) is 136 Å². The fourth-order valence-electron chi connectivity index (χ4n) is 4.16. The molecule has 0 amide bonds. The van der Waals surface area contributed by atoms with Gasteiger partial charge >= 0.3 is 5.97 Å². The van der Waals surface area contributed by atoms with Crippen molar-refractivity contribution in [3.05, 3.63) is 85.5 Å². The third-order valence-corrected chi connectivity index (χ3v) is 5.39. The summed E-state index contributed by atoms with van der Waals surface area (Å²) in [6.45, 7) is 0. The number of rotatable bonds is 4. The van der Waals surface area contributed by atoms with Crippen molar-refractivity contribution in [3.8, 4) is 0 Å². The second kappa shape index (κ2) is 6.45. The summed E-state index contributed by atoms with van der Waals surface area (Å²) in [4.78, 5) is 33.2. The minimum atomic E-state index is -1.18. The van der Waals surface area contributed by atoms with E-state index in [1.807, 2.05) is 12.2 Å². The molecule has 28 heavy (non-hydrogen) atoms. The Morgan fingerprint density at radius 2 is 1.79 bits per heavy atom. The predicted molar refractivity (Wildman–Crippen MR) is 99.5 cm³/mol. The summed E-state index contributed by atoms with van der Waals surface area (Å²) < 4.78 is 0. The van der Waals surface area contributed by atoms with Gasteiger partial charge in [0.25, 0.3) is 11.4 Å². The number of allylic oxidation sites excluding steroid dienone is 2. The third-order valence-electron chi connectivity index (χ3n) is 5.39. The number of nitro groups is 2. The Bertz CT molecular complexity index is 1030. The summed E-state index contributed by atoms with van der Waals surface area (Å²) in [5, 5.41) is 35.2. The van der Waals surface area contributed by atoms with E-state index in [2.05, 4.69) is 5.32 Å². The molecule has 3 atom stereocenters. The summed E-state index contributed by atoms with van der Waals surface area (Å²) in [7, 11) is 0. The number of anilines is 1. The molecule has 1 aliphatic carbocycles. The van der Waals surface area contributed by atoms with Crippen LogP contribution in [0, 0.1) is 26.1 Å². The fourth-order valence-corrected chi connectivity index (χ4v) is 4.16. The summed E-state index contributed by atoms with van der Waals surface area (Å²) in [6, 6.07) is 8.21. The molecule has 4 rings (SSSR count). The zero-order chi connectivity index (χ0) is 20.0. The van der Waals surface area contributed by atoms with E-state index in [-0.39, 0.29) is 40.5 Å². The molecule has 9 nitrogen and oxygen atoms in total. The van der Waals surface area contributed by atoms with Gasteiger partial charge in [-0.3, -0.25) is 20.2 Å². The van der Waals surface area contributed by atoms with Gasteiger partial charge in [-0.15, -0.1) is 0 Å². The standard InChI is InChI=1S/C19H15N3O6/c23-19(24)14-8-9-15(22(27)28)16-12-2-1-3-13(12)17(20-18(14)16)10-4-6-11(7-5-10)21(25)26/h1-2,4-9,12-13,17,20H,3H2,(H,23,24)/t12-,13+,17+/m0/s1. The Balaban J connectivity index is 1.86. The third kappa shape index (κ3) is 2.68. The summed E-state index contributed by atoms with van der Waals surface area (Å²) in [5.74, 6) is -1.55. The van der Waals surface area contributed by atoms with E-state index >= 15 is 0 Å². The van der Waals surface area contributed by atoms with Crippen molar-refractivity contribution in [2.24, 2.45) is 5.92 Å². The molecule has 142 valence electrons. The Labute approximate surface area is 158 Å². The molecule has 1 aliphatic heterocycles. The van der Waals surface area contributed by atoms with Crippen molar-refractivity contribution in [1.29, 1.82) is 0 Å². The number of carboxylic acids is 1. The van der Waals surface area contributed by atoms with Gasteiger partial charge in [-0.2, -0.15) is 0 Å². The molecule has 0 radical (unpaired) electrons. The molecule has 0 fully saturated rings. The van der Waals surface area contributed by atoms with Gasteiger partial charge in [-0.25, -0.2) is 4.79 Å². The molecule has 0 aromatic heterocycles. The minimum absolute atomic E-state index is 0.0359. The molecular formula is C19H15N3O6. The molecule has 0 spiro atoms. The maximum absolute atomic E-state index is 11.7. The highest BCUT2D eigenvalue weighted by Crippen LogP contribution is 2.53. The van der Waals surface area contributed by atoms with Crippen molar-refractivity contribution in [3.63, 3.8) is 0 Å². The average Bonchev–Trinajstić information content (AvgIpc) is 3.16. The minimum Gasteiger partial charge on any atom is -0.478 e. The number of benzene rings is 2. The lowest BCUT2D eigenvalue weighted by molar-refractivity contribution is -0.385. The monoisotopic (exact) mass is 381 g/mol. The Morgan fingerprint density at radius 1 is 1.07 bits per heavy atom. The van der Waals surface area contributed by atoms with Crippen LogP contribution in [0.3, 0.4) is 0 Å². The number of nitrogens with one attached hydrogen (secondary N) is 1. The zero-order valence-electron chi connectivity index (χ0n) is 14.4. The van der Waals surface area contributed by atoms with Crippen molar-refractivity contribution in [2.45, 2.75) is 18.4 Å². The van der Waals surface area contributed by atoms with Crippen molar-refractivity contribution < 1.29 is 19.7 Å². The largest absolute Gasteiger partial charge is 0.478 e. The molecule has 1 heterocycles. The number of aromatic carboxylic acids is 1.